The predicted molar refractivity (Wildman–Crippen MR) is 94.1 cm³/mol. The summed E-state index contributed by atoms with van der Waals surface area (Å²) in [6.45, 7) is -0.543. The molecule has 3 rings (SSSR count). The van der Waals surface area contributed by atoms with Crippen LogP contribution in [0.2, 0.25) is 5.02 Å². The van der Waals surface area contributed by atoms with E-state index in [0.29, 0.717) is 11.0 Å². The van der Waals surface area contributed by atoms with Gasteiger partial charge in [0.05, 0.1) is 27.5 Å². The molecule has 136 valence electrons. The lowest BCUT2D eigenvalue weighted by atomic mass is 10.3. The van der Waals surface area contributed by atoms with Crippen molar-refractivity contribution in [2.75, 3.05) is 11.9 Å². The Morgan fingerprint density at radius 2 is 1.85 bits per heavy atom. The fraction of sp³-hybridized carbons (Fsp3) is 0.0667. The van der Waals surface area contributed by atoms with Crippen molar-refractivity contribution in [3.05, 3.63) is 57.7 Å². The van der Waals surface area contributed by atoms with Gasteiger partial charge in [-0.3, -0.25) is 4.79 Å². The molecular formula is C15H12ClFN4O4S. The number of aromatic amines is 2. The Kier molecular flexibility index (Phi) is 4.81. The van der Waals surface area contributed by atoms with Gasteiger partial charge < -0.3 is 15.3 Å². The van der Waals surface area contributed by atoms with Crippen LogP contribution in [-0.4, -0.2) is 30.8 Å². The standard InChI is InChI=1S/C15H12ClFN4O4S/c16-10-5-8(1-3-11(10)17)19-14(22)7-18-26(24,25)9-2-4-12-13(6-9)21-15(23)20-12/h1-6,18H,7H2,(H,19,22)(H2,20,21,23). The molecule has 0 saturated heterocycles. The van der Waals surface area contributed by atoms with Gasteiger partial charge in [-0.1, -0.05) is 11.6 Å². The molecule has 1 amide bonds. The van der Waals surface area contributed by atoms with Gasteiger partial charge in [-0.25, -0.2) is 22.3 Å². The molecule has 0 bridgehead atoms. The number of hydrogen-bond acceptors (Lipinski definition) is 4. The largest absolute Gasteiger partial charge is 0.325 e. The molecule has 8 nitrogen and oxygen atoms in total. The number of carbonyl (C=O) groups excluding carboxylic acids is 1. The van der Waals surface area contributed by atoms with Crippen LogP contribution < -0.4 is 15.7 Å². The number of H-pyrrole nitrogens is 2. The van der Waals surface area contributed by atoms with Gasteiger partial charge in [0.1, 0.15) is 5.82 Å². The highest BCUT2D eigenvalue weighted by Gasteiger charge is 2.17. The number of amides is 1. The summed E-state index contributed by atoms with van der Waals surface area (Å²) < 4.78 is 39.8. The smallest absolute Gasteiger partial charge is 0.323 e. The number of hydrogen-bond donors (Lipinski definition) is 4. The Morgan fingerprint density at radius 1 is 1.12 bits per heavy atom. The molecule has 3 aromatic rings. The summed E-state index contributed by atoms with van der Waals surface area (Å²) >= 11 is 5.61. The molecule has 0 aliphatic carbocycles. The Balaban J connectivity index is 1.69. The van der Waals surface area contributed by atoms with Crippen LogP contribution in [0.3, 0.4) is 0 Å². The van der Waals surface area contributed by atoms with Gasteiger partial charge in [-0.2, -0.15) is 0 Å². The molecule has 0 atom stereocenters. The van der Waals surface area contributed by atoms with Crippen LogP contribution in [0.1, 0.15) is 0 Å². The molecule has 26 heavy (non-hydrogen) atoms. The first kappa shape index (κ1) is 18.1. The van der Waals surface area contributed by atoms with Crippen LogP contribution in [0.25, 0.3) is 11.0 Å². The van der Waals surface area contributed by atoms with Crippen molar-refractivity contribution in [1.29, 1.82) is 0 Å². The molecule has 0 saturated carbocycles. The van der Waals surface area contributed by atoms with E-state index in [2.05, 4.69) is 20.0 Å². The second-order valence-electron chi connectivity index (χ2n) is 5.29. The van der Waals surface area contributed by atoms with E-state index >= 15 is 0 Å². The molecule has 4 N–H and O–H groups in total. The van der Waals surface area contributed by atoms with Crippen LogP contribution in [0.4, 0.5) is 10.1 Å². The van der Waals surface area contributed by atoms with E-state index < -0.39 is 34.0 Å². The number of aromatic nitrogens is 2. The zero-order valence-corrected chi connectivity index (χ0v) is 14.5. The maximum absolute atomic E-state index is 13.1. The van der Waals surface area contributed by atoms with Crippen molar-refractivity contribution in [3.63, 3.8) is 0 Å². The Labute approximate surface area is 151 Å². The number of imidazole rings is 1. The fourth-order valence-corrected chi connectivity index (χ4v) is 3.39. The van der Waals surface area contributed by atoms with Crippen molar-refractivity contribution in [2.24, 2.45) is 0 Å². The third-order valence-corrected chi connectivity index (χ3v) is 5.11. The second kappa shape index (κ2) is 6.90. The Hall–Kier alpha value is -2.69. The topological polar surface area (TPSA) is 124 Å². The highest BCUT2D eigenvalue weighted by atomic mass is 35.5. The molecule has 0 aliphatic rings. The number of rotatable bonds is 5. The molecule has 1 heterocycles. The van der Waals surface area contributed by atoms with Crippen molar-refractivity contribution in [3.8, 4) is 0 Å². The van der Waals surface area contributed by atoms with Gasteiger partial charge in [0, 0.05) is 5.69 Å². The molecule has 2 aromatic carbocycles. The van der Waals surface area contributed by atoms with E-state index in [1.165, 1.54) is 30.3 Å². The Morgan fingerprint density at radius 3 is 2.58 bits per heavy atom. The molecule has 0 aliphatic heterocycles. The number of halogens is 2. The maximum atomic E-state index is 13.1. The fourth-order valence-electron chi connectivity index (χ4n) is 2.20. The summed E-state index contributed by atoms with van der Waals surface area (Å²) in [7, 11) is -3.98. The van der Waals surface area contributed by atoms with E-state index in [9.17, 15) is 22.4 Å². The number of anilines is 1. The quantitative estimate of drug-likeness (QED) is 0.520. The average Bonchev–Trinajstić information content (AvgIpc) is 2.95. The van der Waals surface area contributed by atoms with Crippen molar-refractivity contribution >= 4 is 44.3 Å². The average molecular weight is 399 g/mol. The first-order valence-corrected chi connectivity index (χ1v) is 9.07. The third kappa shape index (κ3) is 3.93. The molecule has 0 spiro atoms. The molecule has 1 aromatic heterocycles. The summed E-state index contributed by atoms with van der Waals surface area (Å²) in [4.78, 5) is 27.9. The highest BCUT2D eigenvalue weighted by Crippen LogP contribution is 2.19. The van der Waals surface area contributed by atoms with Gasteiger partial charge in [-0.15, -0.1) is 0 Å². The highest BCUT2D eigenvalue weighted by molar-refractivity contribution is 7.89. The van der Waals surface area contributed by atoms with Crippen LogP contribution in [0.5, 0.6) is 0 Å². The number of nitrogens with one attached hydrogen (secondary N) is 4. The lowest BCUT2D eigenvalue weighted by molar-refractivity contribution is -0.115. The van der Waals surface area contributed by atoms with E-state index in [1.807, 2.05) is 0 Å². The van der Waals surface area contributed by atoms with E-state index in [-0.39, 0.29) is 15.6 Å². The normalized spacial score (nSPS) is 11.6. The molecular weight excluding hydrogens is 387 g/mol. The third-order valence-electron chi connectivity index (χ3n) is 3.42. The summed E-state index contributed by atoms with van der Waals surface area (Å²) in [5.41, 5.74) is 0.551. The lowest BCUT2D eigenvalue weighted by Crippen LogP contribution is -2.32. The Bertz CT molecular complexity index is 1160. The zero-order chi connectivity index (χ0) is 18.9. The number of carbonyl (C=O) groups is 1. The molecule has 0 unspecified atom stereocenters. The second-order valence-corrected chi connectivity index (χ2v) is 7.46. The van der Waals surface area contributed by atoms with Gasteiger partial charge >= 0.3 is 5.69 Å². The van der Waals surface area contributed by atoms with Crippen LogP contribution in [0, 0.1) is 5.82 Å². The van der Waals surface area contributed by atoms with Gasteiger partial charge in [0.15, 0.2) is 0 Å². The minimum Gasteiger partial charge on any atom is -0.325 e. The number of benzene rings is 2. The van der Waals surface area contributed by atoms with Crippen LogP contribution in [-0.2, 0) is 14.8 Å². The predicted octanol–water partition coefficient (Wildman–Crippen LogP) is 1.57. The number of sulfonamides is 1. The van der Waals surface area contributed by atoms with Crippen molar-refractivity contribution in [1.82, 2.24) is 14.7 Å². The SMILES string of the molecule is O=C(CNS(=O)(=O)c1ccc2[nH]c(=O)[nH]c2c1)Nc1ccc(F)c(Cl)c1. The van der Waals surface area contributed by atoms with E-state index in [0.717, 1.165) is 6.07 Å². The monoisotopic (exact) mass is 398 g/mol. The minimum atomic E-state index is -3.98. The molecule has 0 fully saturated rings. The van der Waals surface area contributed by atoms with Crippen molar-refractivity contribution < 1.29 is 17.6 Å². The van der Waals surface area contributed by atoms with E-state index in [4.69, 9.17) is 11.6 Å². The summed E-state index contributed by atoms with van der Waals surface area (Å²) in [6, 6.07) is 7.58. The van der Waals surface area contributed by atoms with Gasteiger partial charge in [0.2, 0.25) is 15.9 Å². The number of fused-ring (bicyclic) bond motifs is 1. The molecule has 11 heteroatoms. The molecule has 0 radical (unpaired) electrons. The summed E-state index contributed by atoms with van der Waals surface area (Å²) in [5, 5.41) is 2.23. The summed E-state index contributed by atoms with van der Waals surface area (Å²) in [5.74, 6) is -1.30. The van der Waals surface area contributed by atoms with Crippen molar-refractivity contribution in [2.45, 2.75) is 4.90 Å². The lowest BCUT2D eigenvalue weighted by Gasteiger charge is -2.08. The van der Waals surface area contributed by atoms with Gasteiger partial charge in [-0.05, 0) is 36.4 Å². The van der Waals surface area contributed by atoms with E-state index in [1.54, 1.807) is 0 Å². The minimum absolute atomic E-state index is 0.113. The van der Waals surface area contributed by atoms with Crippen LogP contribution >= 0.6 is 11.6 Å². The summed E-state index contributed by atoms with van der Waals surface area (Å²) in [6.07, 6.45) is 0. The first-order chi connectivity index (χ1) is 12.2. The zero-order valence-electron chi connectivity index (χ0n) is 13.0. The maximum Gasteiger partial charge on any atom is 0.323 e. The van der Waals surface area contributed by atoms with Crippen LogP contribution in [0.15, 0.2) is 46.1 Å². The van der Waals surface area contributed by atoms with Gasteiger partial charge in [0.25, 0.3) is 0 Å². The first-order valence-electron chi connectivity index (χ1n) is 7.21.